The van der Waals surface area contributed by atoms with Crippen molar-refractivity contribution in [1.29, 1.82) is 0 Å². The molecule has 9 heteroatoms. The summed E-state index contributed by atoms with van der Waals surface area (Å²) in [5.74, 6) is 0.0344. The van der Waals surface area contributed by atoms with Gasteiger partial charge >= 0.3 is 5.97 Å². The molecule has 2 aromatic heterocycles. The molecule has 0 bridgehead atoms. The lowest BCUT2D eigenvalue weighted by molar-refractivity contribution is 0.0531. The van der Waals surface area contributed by atoms with Crippen LogP contribution in [0.2, 0.25) is 0 Å². The van der Waals surface area contributed by atoms with Gasteiger partial charge in [0.2, 0.25) is 0 Å². The zero-order valence-corrected chi connectivity index (χ0v) is 18.0. The third-order valence-electron chi connectivity index (χ3n) is 4.47. The maximum absolute atomic E-state index is 12.6. The Morgan fingerprint density at radius 3 is 2.90 bits per heavy atom. The SMILES string of the molecule is C=CCC[C@H](O)CN(CCOC)Cc1nc2sc(C(=O)OCC)c(C)c2c(=O)[nH]1. The fraction of sp³-hybridized carbons (Fsp3) is 0.550. The Labute approximate surface area is 174 Å². The molecule has 0 aliphatic rings. The van der Waals surface area contributed by atoms with Gasteiger partial charge in [-0.05, 0) is 32.3 Å². The smallest absolute Gasteiger partial charge is 0.348 e. The number of aromatic nitrogens is 2. The largest absolute Gasteiger partial charge is 0.462 e. The van der Waals surface area contributed by atoms with Crippen LogP contribution >= 0.6 is 11.3 Å². The van der Waals surface area contributed by atoms with Crippen molar-refractivity contribution in [1.82, 2.24) is 14.9 Å². The molecule has 0 aliphatic heterocycles. The molecule has 160 valence electrons. The van der Waals surface area contributed by atoms with Crippen LogP contribution in [0.1, 0.15) is 40.8 Å². The van der Waals surface area contributed by atoms with E-state index in [1.165, 1.54) is 0 Å². The number of aliphatic hydroxyl groups excluding tert-OH is 1. The molecule has 0 amide bonds. The Balaban J connectivity index is 2.27. The second kappa shape index (κ2) is 11.2. The molecule has 0 aromatic carbocycles. The van der Waals surface area contributed by atoms with Crippen LogP contribution in [-0.4, -0.2) is 65.5 Å². The van der Waals surface area contributed by atoms with E-state index >= 15 is 0 Å². The van der Waals surface area contributed by atoms with Gasteiger partial charge in [-0.3, -0.25) is 9.69 Å². The highest BCUT2D eigenvalue weighted by Crippen LogP contribution is 2.27. The van der Waals surface area contributed by atoms with E-state index in [0.29, 0.717) is 59.1 Å². The zero-order valence-electron chi connectivity index (χ0n) is 17.2. The molecule has 0 spiro atoms. The number of aryl methyl sites for hydroxylation is 1. The van der Waals surface area contributed by atoms with Crippen LogP contribution < -0.4 is 5.56 Å². The van der Waals surface area contributed by atoms with E-state index in [0.717, 1.165) is 17.8 Å². The minimum atomic E-state index is -0.514. The lowest BCUT2D eigenvalue weighted by Gasteiger charge is -2.24. The number of ether oxygens (including phenoxy) is 2. The number of carbonyl (C=O) groups is 1. The number of hydrogen-bond donors (Lipinski definition) is 2. The summed E-state index contributed by atoms with van der Waals surface area (Å²) in [6.45, 7) is 9.26. The number of nitrogens with zero attached hydrogens (tertiary/aromatic N) is 2. The van der Waals surface area contributed by atoms with Crippen LogP contribution in [-0.2, 0) is 16.0 Å². The number of methoxy groups -OCH3 is 1. The van der Waals surface area contributed by atoms with Crippen LogP contribution in [0.15, 0.2) is 17.4 Å². The fourth-order valence-electron chi connectivity index (χ4n) is 3.02. The molecule has 2 N–H and O–H groups in total. The van der Waals surface area contributed by atoms with Crippen molar-refractivity contribution >= 4 is 27.5 Å². The van der Waals surface area contributed by atoms with Gasteiger partial charge in [0.05, 0.1) is 31.2 Å². The topological polar surface area (TPSA) is 105 Å². The monoisotopic (exact) mass is 423 g/mol. The van der Waals surface area contributed by atoms with E-state index in [2.05, 4.69) is 16.5 Å². The van der Waals surface area contributed by atoms with Gasteiger partial charge in [-0.25, -0.2) is 9.78 Å². The van der Waals surface area contributed by atoms with E-state index in [-0.39, 0.29) is 12.2 Å². The standard InChI is InChI=1S/C20H29N3O5S/c1-5-7-8-14(24)11-23(9-10-27-4)12-15-21-18(25)16-13(3)17(20(26)28-6-2)29-19(16)22-15/h5,14,24H,1,6-12H2,2-4H3,(H,21,22,25)/t14-/m0/s1. The summed E-state index contributed by atoms with van der Waals surface area (Å²) >= 11 is 1.16. The first-order chi connectivity index (χ1) is 13.9. The van der Waals surface area contributed by atoms with E-state index in [1.807, 2.05) is 4.90 Å². The molecule has 2 aromatic rings. The van der Waals surface area contributed by atoms with Crippen molar-refractivity contribution in [3.8, 4) is 0 Å². The highest BCUT2D eigenvalue weighted by Gasteiger charge is 2.21. The minimum absolute atomic E-state index is 0.268. The Morgan fingerprint density at radius 2 is 2.24 bits per heavy atom. The number of hydrogen-bond acceptors (Lipinski definition) is 8. The predicted octanol–water partition coefficient (Wildman–Crippen LogP) is 2.25. The predicted molar refractivity (Wildman–Crippen MR) is 114 cm³/mol. The number of rotatable bonds is 12. The molecule has 0 radical (unpaired) electrons. The molecular weight excluding hydrogens is 394 g/mol. The first-order valence-corrected chi connectivity index (χ1v) is 10.4. The highest BCUT2D eigenvalue weighted by atomic mass is 32.1. The maximum Gasteiger partial charge on any atom is 0.348 e. The normalized spacial score (nSPS) is 12.4. The third-order valence-corrected chi connectivity index (χ3v) is 5.63. The first kappa shape index (κ1) is 23.2. The van der Waals surface area contributed by atoms with Gasteiger partial charge in [0, 0.05) is 20.2 Å². The fourth-order valence-corrected chi connectivity index (χ4v) is 4.12. The molecule has 8 nitrogen and oxygen atoms in total. The van der Waals surface area contributed by atoms with Crippen LogP contribution in [0.5, 0.6) is 0 Å². The van der Waals surface area contributed by atoms with Crippen molar-refractivity contribution in [2.24, 2.45) is 0 Å². The molecule has 0 fully saturated rings. The summed E-state index contributed by atoms with van der Waals surface area (Å²) in [5, 5.41) is 10.6. The number of allylic oxidation sites excluding steroid dienone is 1. The molecule has 0 aliphatic carbocycles. The number of carbonyl (C=O) groups excluding carboxylic acids is 1. The molecule has 1 atom stereocenters. The number of thiophene rings is 1. The lowest BCUT2D eigenvalue weighted by Crippen LogP contribution is -2.35. The van der Waals surface area contributed by atoms with Gasteiger partial charge in [0.1, 0.15) is 15.5 Å². The minimum Gasteiger partial charge on any atom is -0.462 e. The molecule has 0 saturated carbocycles. The van der Waals surface area contributed by atoms with Crippen LogP contribution in [0.4, 0.5) is 0 Å². The van der Waals surface area contributed by atoms with Gasteiger partial charge in [-0.15, -0.1) is 17.9 Å². The van der Waals surface area contributed by atoms with E-state index in [1.54, 1.807) is 27.0 Å². The van der Waals surface area contributed by atoms with Gasteiger partial charge in [0.25, 0.3) is 5.56 Å². The van der Waals surface area contributed by atoms with Gasteiger partial charge in [-0.2, -0.15) is 0 Å². The van der Waals surface area contributed by atoms with Crippen molar-refractivity contribution in [3.63, 3.8) is 0 Å². The van der Waals surface area contributed by atoms with E-state index < -0.39 is 12.1 Å². The summed E-state index contributed by atoms with van der Waals surface area (Å²) in [6, 6.07) is 0. The maximum atomic E-state index is 12.6. The summed E-state index contributed by atoms with van der Waals surface area (Å²) in [7, 11) is 1.61. The van der Waals surface area contributed by atoms with Gasteiger partial charge in [0.15, 0.2) is 0 Å². The molecule has 29 heavy (non-hydrogen) atoms. The van der Waals surface area contributed by atoms with Crippen molar-refractivity contribution in [3.05, 3.63) is 39.3 Å². The quantitative estimate of drug-likeness (QED) is 0.398. The summed E-state index contributed by atoms with van der Waals surface area (Å²) < 4.78 is 10.2. The Kier molecular flexibility index (Phi) is 8.97. The number of nitrogens with one attached hydrogen (secondary N) is 1. The molecular formula is C20H29N3O5S. The van der Waals surface area contributed by atoms with E-state index in [4.69, 9.17) is 9.47 Å². The van der Waals surface area contributed by atoms with E-state index in [9.17, 15) is 14.7 Å². The summed E-state index contributed by atoms with van der Waals surface area (Å²) in [5.41, 5.74) is 0.299. The molecule has 0 saturated heterocycles. The first-order valence-electron chi connectivity index (χ1n) is 9.60. The van der Waals surface area contributed by atoms with Crippen molar-refractivity contribution in [2.75, 3.05) is 33.4 Å². The second-order valence-electron chi connectivity index (χ2n) is 6.72. The average molecular weight is 424 g/mol. The van der Waals surface area contributed by atoms with Crippen molar-refractivity contribution in [2.45, 2.75) is 39.3 Å². The van der Waals surface area contributed by atoms with Crippen LogP contribution in [0, 0.1) is 6.92 Å². The highest BCUT2D eigenvalue weighted by molar-refractivity contribution is 7.20. The second-order valence-corrected chi connectivity index (χ2v) is 7.72. The summed E-state index contributed by atoms with van der Waals surface area (Å²) in [4.78, 5) is 35.0. The van der Waals surface area contributed by atoms with Crippen LogP contribution in [0.3, 0.4) is 0 Å². The van der Waals surface area contributed by atoms with Crippen LogP contribution in [0.25, 0.3) is 10.2 Å². The van der Waals surface area contributed by atoms with Gasteiger partial charge < -0.3 is 19.6 Å². The number of fused-ring (bicyclic) bond motifs is 1. The summed E-state index contributed by atoms with van der Waals surface area (Å²) in [6.07, 6.45) is 2.60. The lowest BCUT2D eigenvalue weighted by atomic mass is 10.2. The van der Waals surface area contributed by atoms with Gasteiger partial charge in [-0.1, -0.05) is 6.08 Å². The number of esters is 1. The Morgan fingerprint density at radius 1 is 1.48 bits per heavy atom. The molecule has 0 unspecified atom stereocenters. The molecule has 2 heterocycles. The Bertz CT molecular complexity index is 892. The zero-order chi connectivity index (χ0) is 21.4. The Hall–Kier alpha value is -2.07. The average Bonchev–Trinajstić information content (AvgIpc) is 3.01. The number of aliphatic hydroxyl groups is 1. The number of aromatic amines is 1. The number of H-pyrrole nitrogens is 1. The third kappa shape index (κ3) is 6.20. The van der Waals surface area contributed by atoms with Crippen molar-refractivity contribution < 1.29 is 19.4 Å². The molecule has 2 rings (SSSR count).